The van der Waals surface area contributed by atoms with Crippen molar-refractivity contribution in [2.75, 3.05) is 12.3 Å². The van der Waals surface area contributed by atoms with Crippen molar-refractivity contribution in [1.82, 2.24) is 19.4 Å². The molecule has 2 aromatic heterocycles. The van der Waals surface area contributed by atoms with Crippen LogP contribution in [-0.4, -0.2) is 37.9 Å². The molecule has 0 aromatic carbocycles. The zero-order chi connectivity index (χ0) is 19.6. The van der Waals surface area contributed by atoms with Crippen LogP contribution in [0.4, 0.5) is 19.0 Å². The number of anilines is 1. The third-order valence-electron chi connectivity index (χ3n) is 6.90. The van der Waals surface area contributed by atoms with E-state index in [9.17, 15) is 18.0 Å². The van der Waals surface area contributed by atoms with Gasteiger partial charge in [0.1, 0.15) is 11.6 Å². The summed E-state index contributed by atoms with van der Waals surface area (Å²) in [6, 6.07) is 1.24. The number of hydrogen-bond acceptors (Lipinski definition) is 4. The summed E-state index contributed by atoms with van der Waals surface area (Å²) in [5, 5.41) is 0. The summed E-state index contributed by atoms with van der Waals surface area (Å²) in [4.78, 5) is 22.2. The Kier molecular flexibility index (Phi) is 2.75. The third-order valence-corrected chi connectivity index (χ3v) is 6.90. The fourth-order valence-electron chi connectivity index (χ4n) is 5.37. The van der Waals surface area contributed by atoms with Gasteiger partial charge in [-0.25, -0.2) is 9.97 Å². The molecule has 7 rings (SSSR count). The van der Waals surface area contributed by atoms with Gasteiger partial charge < -0.3 is 15.2 Å². The van der Waals surface area contributed by atoms with Crippen LogP contribution in [0, 0.1) is 11.8 Å². The largest absolute Gasteiger partial charge is 0.419 e. The molecule has 146 valence electrons. The number of amides is 1. The maximum Gasteiger partial charge on any atom is 0.419 e. The van der Waals surface area contributed by atoms with Crippen LogP contribution in [0.5, 0.6) is 0 Å². The van der Waals surface area contributed by atoms with Crippen molar-refractivity contribution in [3.8, 4) is 11.3 Å². The average molecular weight is 389 g/mol. The molecule has 9 heteroatoms. The number of pyridine rings is 1. The molecule has 4 heterocycles. The first kappa shape index (κ1) is 16.4. The first-order chi connectivity index (χ1) is 13.2. The average Bonchev–Trinajstić information content (AvgIpc) is 3.56. The van der Waals surface area contributed by atoms with Crippen molar-refractivity contribution >= 4 is 11.7 Å². The van der Waals surface area contributed by atoms with Crippen LogP contribution < -0.4 is 5.73 Å². The highest BCUT2D eigenvalue weighted by Crippen LogP contribution is 2.83. The van der Waals surface area contributed by atoms with Crippen molar-refractivity contribution in [3.63, 3.8) is 0 Å². The smallest absolute Gasteiger partial charge is 0.383 e. The zero-order valence-corrected chi connectivity index (χ0v) is 15.1. The number of imidazole rings is 1. The molecular weight excluding hydrogens is 371 g/mol. The number of alkyl halides is 3. The Morgan fingerprint density at radius 1 is 1.36 bits per heavy atom. The van der Waals surface area contributed by atoms with Crippen LogP contribution in [0.1, 0.15) is 37.1 Å². The number of piperidine rings is 1. The first-order valence-corrected chi connectivity index (χ1v) is 9.44. The predicted molar refractivity (Wildman–Crippen MR) is 93.0 cm³/mol. The number of fused-ring (bicyclic) bond motifs is 1. The Bertz CT molecular complexity index is 1040. The zero-order valence-electron chi connectivity index (χ0n) is 15.1. The summed E-state index contributed by atoms with van der Waals surface area (Å²) < 4.78 is 41.8. The van der Waals surface area contributed by atoms with Crippen molar-refractivity contribution in [1.29, 1.82) is 0 Å². The number of carbonyl (C=O) groups excluding carboxylic acids is 1. The molecule has 2 saturated heterocycles. The van der Waals surface area contributed by atoms with Crippen molar-refractivity contribution < 1.29 is 18.0 Å². The molecule has 5 aliphatic rings. The van der Waals surface area contributed by atoms with Crippen molar-refractivity contribution in [2.45, 2.75) is 43.4 Å². The highest BCUT2D eigenvalue weighted by atomic mass is 19.4. The summed E-state index contributed by atoms with van der Waals surface area (Å²) in [5.41, 5.74) is 5.20. The molecule has 6 nitrogen and oxygen atoms in total. The summed E-state index contributed by atoms with van der Waals surface area (Å²) in [6.45, 7) is 2.36. The van der Waals surface area contributed by atoms with Gasteiger partial charge in [0, 0.05) is 49.2 Å². The molecule has 0 spiro atoms. The van der Waals surface area contributed by atoms with Gasteiger partial charge in [0.25, 0.3) is 0 Å². The lowest BCUT2D eigenvalue weighted by Crippen LogP contribution is -2.29. The molecule has 4 atom stereocenters. The Hall–Kier alpha value is -2.58. The topological polar surface area (TPSA) is 77.0 Å². The molecular formula is C19H18F3N5O. The van der Waals surface area contributed by atoms with Gasteiger partial charge in [-0.3, -0.25) is 4.79 Å². The molecule has 1 unspecified atom stereocenters. The molecule has 28 heavy (non-hydrogen) atoms. The molecule has 3 saturated carbocycles. The summed E-state index contributed by atoms with van der Waals surface area (Å²) in [5.74, 6) is 1.74. The van der Waals surface area contributed by atoms with E-state index in [1.54, 1.807) is 6.92 Å². The van der Waals surface area contributed by atoms with E-state index in [1.165, 1.54) is 6.20 Å². The highest BCUT2D eigenvalue weighted by molar-refractivity contribution is 5.77. The standard InChI is InChI=1S/C19H18F3N5O/c1-8(28)26-6-12-14-15(26)18(12,14)27-7-13(25-17(27)9-2-3-9)10-4-11(19(20,21)22)16(23)24-5-10/h4-5,7,9,12,14-15H,2-3,6H2,1H3,(H2,23,24)/t12-,14-,15?,18-/m1/s1. The summed E-state index contributed by atoms with van der Waals surface area (Å²) in [6.07, 6.45) is 0.720. The summed E-state index contributed by atoms with van der Waals surface area (Å²) in [7, 11) is 0. The molecule has 1 amide bonds. The van der Waals surface area contributed by atoms with Crippen molar-refractivity contribution in [3.05, 3.63) is 29.8 Å². The van der Waals surface area contributed by atoms with E-state index in [-0.39, 0.29) is 17.5 Å². The first-order valence-electron chi connectivity index (χ1n) is 9.44. The Labute approximate surface area is 158 Å². The molecule has 2 aliphatic heterocycles. The maximum atomic E-state index is 13.2. The van der Waals surface area contributed by atoms with Gasteiger partial charge in [0.15, 0.2) is 0 Å². The van der Waals surface area contributed by atoms with Crippen LogP contribution in [0.2, 0.25) is 0 Å². The molecule has 2 N–H and O–H groups in total. The van der Waals surface area contributed by atoms with Crippen LogP contribution in [-0.2, 0) is 16.5 Å². The lowest BCUT2D eigenvalue weighted by molar-refractivity contribution is -0.137. The fourth-order valence-corrected chi connectivity index (χ4v) is 5.37. The van der Waals surface area contributed by atoms with E-state index in [1.807, 2.05) is 11.1 Å². The predicted octanol–water partition coefficient (Wildman–Crippen LogP) is 2.61. The molecule has 2 aromatic rings. The quantitative estimate of drug-likeness (QED) is 0.876. The van der Waals surface area contributed by atoms with Gasteiger partial charge in [-0.05, 0) is 18.9 Å². The molecule has 2 bridgehead atoms. The second-order valence-corrected chi connectivity index (χ2v) is 8.42. The Morgan fingerprint density at radius 2 is 2.11 bits per heavy atom. The van der Waals surface area contributed by atoms with E-state index in [0.29, 0.717) is 29.0 Å². The second-order valence-electron chi connectivity index (χ2n) is 8.42. The molecule has 3 aliphatic carbocycles. The van der Waals surface area contributed by atoms with E-state index >= 15 is 0 Å². The SMILES string of the molecule is CC(=O)N1C[C@@H]2[C@@H]3C1[C@@]23n1cc(-c2cnc(N)c(C(F)(F)F)c2)nc1C1CC1. The van der Waals surface area contributed by atoms with Gasteiger partial charge in [0.05, 0.1) is 22.8 Å². The summed E-state index contributed by atoms with van der Waals surface area (Å²) >= 11 is 0. The van der Waals surface area contributed by atoms with Gasteiger partial charge in [-0.15, -0.1) is 0 Å². The monoisotopic (exact) mass is 389 g/mol. The van der Waals surface area contributed by atoms with Gasteiger partial charge in [-0.1, -0.05) is 0 Å². The molecule has 0 radical (unpaired) electrons. The fraction of sp³-hybridized carbons (Fsp3) is 0.526. The van der Waals surface area contributed by atoms with Crippen LogP contribution in [0.15, 0.2) is 18.5 Å². The van der Waals surface area contributed by atoms with E-state index in [0.717, 1.165) is 31.3 Å². The number of carbonyl (C=O) groups is 1. The highest BCUT2D eigenvalue weighted by Gasteiger charge is 2.94. The minimum atomic E-state index is -4.56. The van der Waals surface area contributed by atoms with Gasteiger partial charge in [0.2, 0.25) is 5.91 Å². The number of nitrogens with two attached hydrogens (primary N) is 1. The van der Waals surface area contributed by atoms with Crippen LogP contribution >= 0.6 is 0 Å². The minimum absolute atomic E-state index is 0.0804. The Morgan fingerprint density at radius 3 is 2.68 bits per heavy atom. The second kappa shape index (κ2) is 4.69. The van der Waals surface area contributed by atoms with Gasteiger partial charge >= 0.3 is 6.18 Å². The van der Waals surface area contributed by atoms with Gasteiger partial charge in [-0.2, -0.15) is 13.2 Å². The number of nitrogens with zero attached hydrogens (tertiary/aromatic N) is 4. The Balaban J connectivity index is 1.42. The normalized spacial score (nSPS) is 32.4. The third kappa shape index (κ3) is 1.87. The lowest BCUT2D eigenvalue weighted by atomic mass is 10.1. The number of hydrogen-bond donors (Lipinski definition) is 1. The number of rotatable bonds is 3. The minimum Gasteiger partial charge on any atom is -0.383 e. The lowest BCUT2D eigenvalue weighted by Gasteiger charge is -2.16. The van der Waals surface area contributed by atoms with Crippen molar-refractivity contribution in [2.24, 2.45) is 11.8 Å². The molecule has 5 fully saturated rings. The van der Waals surface area contributed by atoms with E-state index < -0.39 is 17.6 Å². The maximum absolute atomic E-state index is 13.2. The number of halogens is 3. The van der Waals surface area contributed by atoms with E-state index in [4.69, 9.17) is 10.7 Å². The van der Waals surface area contributed by atoms with E-state index in [2.05, 4.69) is 9.55 Å². The number of aromatic nitrogens is 3. The van der Waals surface area contributed by atoms with Crippen LogP contribution in [0.3, 0.4) is 0 Å². The number of nitrogen functional groups attached to an aromatic ring is 1. The van der Waals surface area contributed by atoms with Crippen LogP contribution in [0.25, 0.3) is 11.3 Å².